The molecule has 1 aliphatic rings. The predicted molar refractivity (Wildman–Crippen MR) is 92.8 cm³/mol. The van der Waals surface area contributed by atoms with Gasteiger partial charge < -0.3 is 11.5 Å². The van der Waals surface area contributed by atoms with Crippen molar-refractivity contribution >= 4 is 21.8 Å². The average molecular weight is 377 g/mol. The van der Waals surface area contributed by atoms with Crippen molar-refractivity contribution in [3.8, 4) is 0 Å². The Kier molecular flexibility index (Phi) is 4.79. The number of aromatic nitrogens is 2. The van der Waals surface area contributed by atoms with E-state index in [2.05, 4.69) is 10.2 Å². The van der Waals surface area contributed by atoms with Crippen LogP contribution in [0.2, 0.25) is 0 Å². The van der Waals surface area contributed by atoms with Crippen LogP contribution in [-0.4, -0.2) is 47.8 Å². The highest BCUT2D eigenvalue weighted by molar-refractivity contribution is 7.89. The van der Waals surface area contributed by atoms with Crippen molar-refractivity contribution in [2.75, 3.05) is 13.1 Å². The summed E-state index contributed by atoms with van der Waals surface area (Å²) in [6, 6.07) is 7.23. The molecule has 2 aromatic rings. The first-order valence-corrected chi connectivity index (χ1v) is 9.48. The highest BCUT2D eigenvalue weighted by Crippen LogP contribution is 2.29. The van der Waals surface area contributed by atoms with Crippen molar-refractivity contribution in [3.05, 3.63) is 47.3 Å². The quantitative estimate of drug-likeness (QED) is 0.678. The van der Waals surface area contributed by atoms with Crippen LogP contribution in [0.4, 0.5) is 0 Å². The highest BCUT2D eigenvalue weighted by atomic mass is 32.2. The Balaban J connectivity index is 1.85. The van der Waals surface area contributed by atoms with Gasteiger partial charge in [-0.1, -0.05) is 6.07 Å². The van der Waals surface area contributed by atoms with Gasteiger partial charge in [0.15, 0.2) is 0 Å². The molecule has 2 amide bonds. The van der Waals surface area contributed by atoms with Crippen LogP contribution in [0.15, 0.2) is 35.2 Å². The van der Waals surface area contributed by atoms with Gasteiger partial charge in [0.25, 0.3) is 5.91 Å². The van der Waals surface area contributed by atoms with Crippen LogP contribution in [0.3, 0.4) is 0 Å². The monoisotopic (exact) mass is 377 g/mol. The molecule has 3 rings (SSSR count). The van der Waals surface area contributed by atoms with Gasteiger partial charge in [-0.15, -0.1) is 0 Å². The number of amides is 2. The minimum absolute atomic E-state index is 0.0249. The second kappa shape index (κ2) is 6.89. The van der Waals surface area contributed by atoms with Gasteiger partial charge in [-0.2, -0.15) is 9.40 Å². The maximum atomic E-state index is 12.9. The summed E-state index contributed by atoms with van der Waals surface area (Å²) in [6.07, 6.45) is 1.41. The largest absolute Gasteiger partial charge is 0.366 e. The first-order chi connectivity index (χ1) is 12.3. The fraction of sp³-hybridized carbons (Fsp3) is 0.312. The molecule has 1 aliphatic heterocycles. The Morgan fingerprint density at radius 2 is 1.96 bits per heavy atom. The Hall–Kier alpha value is -2.72. The normalized spacial score (nSPS) is 18.5. The molecule has 0 unspecified atom stereocenters. The molecule has 1 atom stereocenters. The van der Waals surface area contributed by atoms with Crippen LogP contribution in [0.25, 0.3) is 0 Å². The Labute approximate surface area is 150 Å². The Bertz CT molecular complexity index is 953. The van der Waals surface area contributed by atoms with Crippen LogP contribution in [0, 0.1) is 0 Å². The molecule has 138 valence electrons. The zero-order valence-electron chi connectivity index (χ0n) is 13.9. The number of primary amides is 2. The number of hydrogen-bond acceptors (Lipinski definition) is 5. The van der Waals surface area contributed by atoms with Gasteiger partial charge in [-0.05, 0) is 37.1 Å². The van der Waals surface area contributed by atoms with Crippen molar-refractivity contribution in [1.29, 1.82) is 0 Å². The lowest BCUT2D eigenvalue weighted by Gasteiger charge is -2.31. The van der Waals surface area contributed by atoms with E-state index in [9.17, 15) is 18.0 Å². The number of carbonyl (C=O) groups excluding carboxylic acids is 2. The smallest absolute Gasteiger partial charge is 0.269 e. The fourth-order valence-corrected chi connectivity index (χ4v) is 4.62. The summed E-state index contributed by atoms with van der Waals surface area (Å²) >= 11 is 0. The standard InChI is InChI=1S/C16H19N5O4S/c17-15(22)10-3-1-5-12(7-10)26(24,25)21-6-2-4-11(9-21)13-8-14(16(18)23)20-19-13/h1,3,5,7-8,11H,2,4,6,9H2,(H2,17,22)(H2,18,23)(H,19,20)/t11-/m1/s1. The maximum Gasteiger partial charge on any atom is 0.269 e. The van der Waals surface area contributed by atoms with E-state index < -0.39 is 21.8 Å². The lowest BCUT2D eigenvalue weighted by Crippen LogP contribution is -2.39. The number of sulfonamides is 1. The van der Waals surface area contributed by atoms with Gasteiger partial charge in [-0.25, -0.2) is 8.42 Å². The third kappa shape index (κ3) is 3.46. The van der Waals surface area contributed by atoms with Crippen molar-refractivity contribution in [3.63, 3.8) is 0 Å². The first kappa shape index (κ1) is 18.1. The fourth-order valence-electron chi connectivity index (χ4n) is 3.05. The van der Waals surface area contributed by atoms with Crippen LogP contribution in [0.1, 0.15) is 45.3 Å². The zero-order valence-corrected chi connectivity index (χ0v) is 14.7. The number of nitrogens with two attached hydrogens (primary N) is 2. The number of rotatable bonds is 5. The minimum Gasteiger partial charge on any atom is -0.366 e. The molecule has 0 bridgehead atoms. The van der Waals surface area contributed by atoms with E-state index >= 15 is 0 Å². The zero-order chi connectivity index (χ0) is 18.9. The molecule has 5 N–H and O–H groups in total. The Morgan fingerprint density at radius 3 is 2.62 bits per heavy atom. The molecule has 0 aliphatic carbocycles. The van der Waals surface area contributed by atoms with Crippen molar-refractivity contribution in [2.45, 2.75) is 23.7 Å². The first-order valence-electron chi connectivity index (χ1n) is 8.04. The molecular weight excluding hydrogens is 358 g/mol. The van der Waals surface area contributed by atoms with E-state index in [0.717, 1.165) is 6.42 Å². The second-order valence-corrected chi connectivity index (χ2v) is 8.10. The van der Waals surface area contributed by atoms with E-state index in [1.165, 1.54) is 28.6 Å². The summed E-state index contributed by atoms with van der Waals surface area (Å²) in [5, 5.41) is 6.61. The number of nitrogens with one attached hydrogen (secondary N) is 1. The minimum atomic E-state index is -3.77. The van der Waals surface area contributed by atoms with Crippen molar-refractivity contribution < 1.29 is 18.0 Å². The number of nitrogens with zero attached hydrogens (tertiary/aromatic N) is 2. The van der Waals surface area contributed by atoms with Crippen molar-refractivity contribution in [2.24, 2.45) is 11.5 Å². The number of hydrogen-bond donors (Lipinski definition) is 3. The van der Waals surface area contributed by atoms with Crippen LogP contribution < -0.4 is 11.5 Å². The third-order valence-electron chi connectivity index (χ3n) is 4.43. The van der Waals surface area contributed by atoms with Gasteiger partial charge in [0.2, 0.25) is 15.9 Å². The molecule has 1 saturated heterocycles. The van der Waals surface area contributed by atoms with Gasteiger partial charge in [0, 0.05) is 30.3 Å². The average Bonchev–Trinajstić information content (AvgIpc) is 3.12. The summed E-state index contributed by atoms with van der Waals surface area (Å²) in [5.41, 5.74) is 11.4. The predicted octanol–water partition coefficient (Wildman–Crippen LogP) is 0.176. The summed E-state index contributed by atoms with van der Waals surface area (Å²) < 4.78 is 27.2. The summed E-state index contributed by atoms with van der Waals surface area (Å²) in [7, 11) is -3.77. The number of H-pyrrole nitrogens is 1. The molecule has 9 nitrogen and oxygen atoms in total. The van der Waals surface area contributed by atoms with Gasteiger partial charge in [0.1, 0.15) is 5.69 Å². The van der Waals surface area contributed by atoms with Crippen molar-refractivity contribution in [1.82, 2.24) is 14.5 Å². The molecule has 1 aromatic carbocycles. The number of benzene rings is 1. The van der Waals surface area contributed by atoms with Gasteiger partial charge in [0.05, 0.1) is 4.90 Å². The molecule has 0 spiro atoms. The van der Waals surface area contributed by atoms with E-state index in [1.54, 1.807) is 6.07 Å². The molecule has 26 heavy (non-hydrogen) atoms. The third-order valence-corrected chi connectivity index (χ3v) is 6.29. The van der Waals surface area contributed by atoms with Gasteiger partial charge >= 0.3 is 0 Å². The number of carbonyl (C=O) groups is 2. The number of piperidine rings is 1. The maximum absolute atomic E-state index is 12.9. The molecule has 1 aromatic heterocycles. The summed E-state index contributed by atoms with van der Waals surface area (Å²) in [5.74, 6) is -1.45. The van der Waals surface area contributed by atoms with Gasteiger partial charge in [-0.3, -0.25) is 14.7 Å². The second-order valence-electron chi connectivity index (χ2n) is 6.17. The molecule has 2 heterocycles. The van der Waals surface area contributed by atoms with E-state index in [-0.39, 0.29) is 28.6 Å². The summed E-state index contributed by atoms with van der Waals surface area (Å²) in [4.78, 5) is 22.5. The SMILES string of the molecule is NC(=O)c1cccc(S(=O)(=O)N2CCC[C@@H](c3cc(C(N)=O)n[nH]3)C2)c1. The lowest BCUT2D eigenvalue weighted by atomic mass is 9.96. The van der Waals surface area contributed by atoms with E-state index in [1.807, 2.05) is 0 Å². The topological polar surface area (TPSA) is 152 Å². The van der Waals surface area contributed by atoms with Crippen LogP contribution in [0.5, 0.6) is 0 Å². The number of aromatic amines is 1. The molecule has 1 fully saturated rings. The van der Waals surface area contributed by atoms with E-state index in [0.29, 0.717) is 18.7 Å². The molecule has 10 heteroatoms. The Morgan fingerprint density at radius 1 is 1.19 bits per heavy atom. The summed E-state index contributed by atoms with van der Waals surface area (Å²) in [6.45, 7) is 0.611. The molecule has 0 radical (unpaired) electrons. The molecule has 0 saturated carbocycles. The molecular formula is C16H19N5O4S. The highest BCUT2D eigenvalue weighted by Gasteiger charge is 2.32. The van der Waals surface area contributed by atoms with E-state index in [4.69, 9.17) is 11.5 Å². The lowest BCUT2D eigenvalue weighted by molar-refractivity contribution is 0.0989. The van der Waals surface area contributed by atoms with Crippen LogP contribution >= 0.6 is 0 Å². The van der Waals surface area contributed by atoms with Crippen LogP contribution in [-0.2, 0) is 10.0 Å².